The number of nitrogens with one attached hydrogen (secondary N) is 2. The summed E-state index contributed by atoms with van der Waals surface area (Å²) in [6, 6.07) is 0. The summed E-state index contributed by atoms with van der Waals surface area (Å²) in [5.74, 6) is 1.04. The van der Waals surface area contributed by atoms with Gasteiger partial charge >= 0.3 is 0 Å². The van der Waals surface area contributed by atoms with Crippen LogP contribution in [-0.2, 0) is 16.1 Å². The van der Waals surface area contributed by atoms with Crippen LogP contribution >= 0.6 is 0 Å². The van der Waals surface area contributed by atoms with Gasteiger partial charge in [0.25, 0.3) is 0 Å². The number of hydrogen-bond acceptors (Lipinski definition) is 5. The van der Waals surface area contributed by atoms with E-state index in [-0.39, 0.29) is 23.7 Å². The molecule has 1 atom stereocenters. The number of anilines is 1. The van der Waals surface area contributed by atoms with Gasteiger partial charge < -0.3 is 16.0 Å². The fourth-order valence-corrected chi connectivity index (χ4v) is 2.05. The number of nitrogens with zero attached hydrogens (tertiary/aromatic N) is 3. The number of carbonyl (C=O) groups excluding carboxylic acids is 2. The van der Waals surface area contributed by atoms with Crippen molar-refractivity contribution >= 4 is 17.8 Å². The molecule has 2 amide bonds. The minimum Gasteiger partial charge on any atom is -0.367 e. The summed E-state index contributed by atoms with van der Waals surface area (Å²) in [6.45, 7) is 0.926. The Morgan fingerprint density at radius 3 is 2.95 bits per heavy atom. The standard InChI is InChI=1S/C11H18N6O2/c1-17(6-8-14-11(12)16-15-8)10(19)4-7-2-3-9(18)13-5-7/h7H,2-6H2,1H3,(H,13,18)(H3,12,14,15,16). The molecule has 2 rings (SSSR count). The topological polar surface area (TPSA) is 117 Å². The van der Waals surface area contributed by atoms with Crippen LogP contribution in [0.2, 0.25) is 0 Å². The molecule has 1 aliphatic heterocycles. The molecule has 1 saturated heterocycles. The van der Waals surface area contributed by atoms with Crippen molar-refractivity contribution in [3.8, 4) is 0 Å². The molecule has 1 aromatic rings. The van der Waals surface area contributed by atoms with Gasteiger partial charge in [-0.1, -0.05) is 0 Å². The highest BCUT2D eigenvalue weighted by molar-refractivity contribution is 5.78. The second-order valence-corrected chi connectivity index (χ2v) is 4.80. The second kappa shape index (κ2) is 5.68. The summed E-state index contributed by atoms with van der Waals surface area (Å²) in [7, 11) is 1.71. The number of hydrogen-bond donors (Lipinski definition) is 3. The first kappa shape index (κ1) is 13.3. The quantitative estimate of drug-likeness (QED) is 0.663. The number of nitrogens with two attached hydrogens (primary N) is 1. The number of rotatable bonds is 4. The minimum atomic E-state index is 0.0242. The number of aromatic nitrogens is 3. The third-order valence-corrected chi connectivity index (χ3v) is 3.19. The SMILES string of the molecule is CN(Cc1nc(N)n[nH]1)C(=O)CC1CCC(=O)NC1. The maximum atomic E-state index is 12.0. The molecule has 0 spiro atoms. The van der Waals surface area contributed by atoms with Gasteiger partial charge in [-0.3, -0.25) is 14.7 Å². The highest BCUT2D eigenvalue weighted by Gasteiger charge is 2.22. The lowest BCUT2D eigenvalue weighted by atomic mass is 9.95. The van der Waals surface area contributed by atoms with E-state index < -0.39 is 0 Å². The van der Waals surface area contributed by atoms with E-state index in [4.69, 9.17) is 5.73 Å². The summed E-state index contributed by atoms with van der Waals surface area (Å²) >= 11 is 0. The van der Waals surface area contributed by atoms with Crippen LogP contribution in [0.25, 0.3) is 0 Å². The van der Waals surface area contributed by atoms with Crippen LogP contribution in [0.4, 0.5) is 5.95 Å². The Bertz CT molecular complexity index is 462. The fourth-order valence-electron chi connectivity index (χ4n) is 2.05. The van der Waals surface area contributed by atoms with Crippen LogP contribution in [0.15, 0.2) is 0 Å². The largest absolute Gasteiger partial charge is 0.367 e. The zero-order chi connectivity index (χ0) is 13.8. The van der Waals surface area contributed by atoms with Crippen molar-refractivity contribution in [2.24, 2.45) is 5.92 Å². The molecule has 0 aliphatic carbocycles. The van der Waals surface area contributed by atoms with Gasteiger partial charge in [0.15, 0.2) is 0 Å². The lowest BCUT2D eigenvalue weighted by Gasteiger charge is -2.24. The number of H-pyrrole nitrogens is 1. The van der Waals surface area contributed by atoms with Crippen LogP contribution in [0.3, 0.4) is 0 Å². The van der Waals surface area contributed by atoms with Crippen LogP contribution < -0.4 is 11.1 Å². The molecule has 8 nitrogen and oxygen atoms in total. The summed E-state index contributed by atoms with van der Waals surface area (Å²) < 4.78 is 0. The van der Waals surface area contributed by atoms with E-state index in [2.05, 4.69) is 20.5 Å². The first-order valence-electron chi connectivity index (χ1n) is 6.22. The second-order valence-electron chi connectivity index (χ2n) is 4.80. The average Bonchev–Trinajstić information content (AvgIpc) is 2.77. The lowest BCUT2D eigenvalue weighted by Crippen LogP contribution is -2.38. The van der Waals surface area contributed by atoms with Gasteiger partial charge in [-0.2, -0.15) is 4.98 Å². The van der Waals surface area contributed by atoms with Crippen LogP contribution in [0.5, 0.6) is 0 Å². The molecule has 104 valence electrons. The first-order chi connectivity index (χ1) is 9.04. The van der Waals surface area contributed by atoms with Gasteiger partial charge in [-0.25, -0.2) is 0 Å². The average molecular weight is 266 g/mol. The van der Waals surface area contributed by atoms with Gasteiger partial charge in [-0.15, -0.1) is 5.10 Å². The molecule has 1 unspecified atom stereocenters. The molecule has 1 aromatic heterocycles. The van der Waals surface area contributed by atoms with Crippen molar-refractivity contribution in [1.29, 1.82) is 0 Å². The van der Waals surface area contributed by atoms with Gasteiger partial charge in [-0.05, 0) is 12.3 Å². The molecule has 19 heavy (non-hydrogen) atoms. The van der Waals surface area contributed by atoms with Crippen molar-refractivity contribution in [1.82, 2.24) is 25.4 Å². The molecule has 1 fully saturated rings. The highest BCUT2D eigenvalue weighted by Crippen LogP contribution is 2.16. The molecular weight excluding hydrogens is 248 g/mol. The Hall–Kier alpha value is -2.12. The Labute approximate surface area is 110 Å². The third kappa shape index (κ3) is 3.67. The zero-order valence-corrected chi connectivity index (χ0v) is 10.8. The molecular formula is C11H18N6O2. The van der Waals surface area contributed by atoms with Gasteiger partial charge in [0, 0.05) is 26.4 Å². The molecule has 2 heterocycles. The molecule has 0 aromatic carbocycles. The van der Waals surface area contributed by atoms with E-state index >= 15 is 0 Å². The van der Waals surface area contributed by atoms with E-state index in [0.29, 0.717) is 31.8 Å². The number of aromatic amines is 1. The highest BCUT2D eigenvalue weighted by atomic mass is 16.2. The smallest absolute Gasteiger partial charge is 0.239 e. The Morgan fingerprint density at radius 1 is 1.58 bits per heavy atom. The van der Waals surface area contributed by atoms with Gasteiger partial charge in [0.1, 0.15) is 5.82 Å². The van der Waals surface area contributed by atoms with Crippen molar-refractivity contribution in [2.75, 3.05) is 19.3 Å². The number of nitrogen functional groups attached to an aromatic ring is 1. The zero-order valence-electron chi connectivity index (χ0n) is 10.8. The van der Waals surface area contributed by atoms with Crippen molar-refractivity contribution in [3.05, 3.63) is 5.82 Å². The lowest BCUT2D eigenvalue weighted by molar-refractivity contribution is -0.132. The maximum absolute atomic E-state index is 12.0. The fraction of sp³-hybridized carbons (Fsp3) is 0.636. The molecule has 0 radical (unpaired) electrons. The molecule has 4 N–H and O–H groups in total. The van der Waals surface area contributed by atoms with E-state index in [0.717, 1.165) is 6.42 Å². The first-order valence-corrected chi connectivity index (χ1v) is 6.22. The van der Waals surface area contributed by atoms with Crippen LogP contribution in [0.1, 0.15) is 25.1 Å². The van der Waals surface area contributed by atoms with Crippen LogP contribution in [-0.4, -0.2) is 45.5 Å². The number of amides is 2. The van der Waals surface area contributed by atoms with Crippen LogP contribution in [0, 0.1) is 5.92 Å². The molecule has 0 bridgehead atoms. The molecule has 1 aliphatic rings. The van der Waals surface area contributed by atoms with Gasteiger partial charge in [0.2, 0.25) is 17.8 Å². The number of piperidine rings is 1. The third-order valence-electron chi connectivity index (χ3n) is 3.19. The van der Waals surface area contributed by atoms with Crippen molar-refractivity contribution < 1.29 is 9.59 Å². The molecule has 0 saturated carbocycles. The summed E-state index contributed by atoms with van der Waals surface area (Å²) in [5.41, 5.74) is 5.40. The van der Waals surface area contributed by atoms with E-state index in [1.54, 1.807) is 11.9 Å². The maximum Gasteiger partial charge on any atom is 0.239 e. The van der Waals surface area contributed by atoms with E-state index in [1.165, 1.54) is 0 Å². The Kier molecular flexibility index (Phi) is 3.98. The van der Waals surface area contributed by atoms with E-state index in [9.17, 15) is 9.59 Å². The van der Waals surface area contributed by atoms with E-state index in [1.807, 2.05) is 0 Å². The number of carbonyl (C=O) groups is 2. The normalized spacial score (nSPS) is 19.0. The predicted octanol–water partition coefficient (Wildman–Crippen LogP) is -0.738. The van der Waals surface area contributed by atoms with Crippen molar-refractivity contribution in [2.45, 2.75) is 25.8 Å². The Morgan fingerprint density at radius 2 is 2.37 bits per heavy atom. The monoisotopic (exact) mass is 266 g/mol. The summed E-state index contributed by atoms with van der Waals surface area (Å²) in [5, 5.41) is 9.15. The minimum absolute atomic E-state index is 0.0242. The molecule has 8 heteroatoms. The van der Waals surface area contributed by atoms with Crippen molar-refractivity contribution in [3.63, 3.8) is 0 Å². The predicted molar refractivity (Wildman–Crippen MR) is 67.6 cm³/mol. The van der Waals surface area contributed by atoms with Gasteiger partial charge in [0.05, 0.1) is 6.54 Å². The summed E-state index contributed by atoms with van der Waals surface area (Å²) in [6.07, 6.45) is 1.70. The summed E-state index contributed by atoms with van der Waals surface area (Å²) in [4.78, 5) is 28.6. The Balaban J connectivity index is 1.80.